The molecule has 2 aromatic carbocycles. The van der Waals surface area contributed by atoms with Crippen LogP contribution in [0.1, 0.15) is 51.9 Å². The smallest absolute Gasteiger partial charge is 0.417 e. The number of ether oxygens (including phenoxy) is 1. The first-order valence-electron chi connectivity index (χ1n) is 10.5. The predicted octanol–water partition coefficient (Wildman–Crippen LogP) is 5.69. The van der Waals surface area contributed by atoms with Gasteiger partial charge in [-0.3, -0.25) is 0 Å². The molecule has 0 N–H and O–H groups in total. The Morgan fingerprint density at radius 1 is 0.944 bits per heavy atom. The molecule has 36 heavy (non-hydrogen) atoms. The van der Waals surface area contributed by atoms with Crippen LogP contribution in [0, 0.1) is 23.3 Å². The van der Waals surface area contributed by atoms with Gasteiger partial charge in [0.25, 0.3) is 0 Å². The fraction of sp³-hybridized carbons (Fsp3) is 0.200. The van der Waals surface area contributed by atoms with Gasteiger partial charge in [0.15, 0.2) is 0 Å². The zero-order valence-electron chi connectivity index (χ0n) is 18.2. The zero-order valence-corrected chi connectivity index (χ0v) is 18.2. The number of allylic oxidation sites excluding steroid dienone is 2. The summed E-state index contributed by atoms with van der Waals surface area (Å²) in [5.41, 5.74) is -1.60. The van der Waals surface area contributed by atoms with E-state index in [1.165, 1.54) is 6.07 Å². The number of nitrogens with zero attached hydrogens (tertiary/aromatic N) is 1. The van der Waals surface area contributed by atoms with Gasteiger partial charge in [-0.1, -0.05) is 6.07 Å². The second-order valence-corrected chi connectivity index (χ2v) is 8.00. The van der Waals surface area contributed by atoms with E-state index >= 15 is 0 Å². The lowest BCUT2D eigenvalue weighted by Crippen LogP contribution is -2.23. The van der Waals surface area contributed by atoms with Gasteiger partial charge in [-0.2, -0.15) is 13.2 Å². The highest BCUT2D eigenvalue weighted by atomic mass is 19.4. The summed E-state index contributed by atoms with van der Waals surface area (Å²) in [7, 11) is 0. The fourth-order valence-corrected chi connectivity index (χ4v) is 4.02. The number of carboxylic acids is 1. The maximum atomic E-state index is 14.0. The van der Waals surface area contributed by atoms with Crippen molar-refractivity contribution in [3.8, 4) is 5.88 Å². The molecule has 1 aliphatic rings. The molecular weight excluding hydrogens is 495 g/mol. The molecule has 0 saturated carbocycles. The van der Waals surface area contributed by atoms with Crippen molar-refractivity contribution in [1.29, 1.82) is 0 Å². The summed E-state index contributed by atoms with van der Waals surface area (Å²) >= 11 is 0. The second kappa shape index (κ2) is 9.63. The summed E-state index contributed by atoms with van der Waals surface area (Å²) in [6.45, 7) is -0.794. The van der Waals surface area contributed by atoms with Gasteiger partial charge in [0, 0.05) is 29.5 Å². The lowest BCUT2D eigenvalue weighted by molar-refractivity contribution is -0.255. The molecule has 4 rings (SSSR count). The van der Waals surface area contributed by atoms with Crippen LogP contribution in [0.4, 0.5) is 30.7 Å². The van der Waals surface area contributed by atoms with Gasteiger partial charge in [0.2, 0.25) is 5.88 Å². The van der Waals surface area contributed by atoms with Crippen molar-refractivity contribution in [3.63, 3.8) is 0 Å². The molecule has 0 atom stereocenters. The first kappa shape index (κ1) is 25.2. The number of rotatable bonds is 6. The number of benzene rings is 2. The van der Waals surface area contributed by atoms with Gasteiger partial charge in [-0.25, -0.2) is 22.5 Å². The monoisotopic (exact) mass is 510 g/mol. The van der Waals surface area contributed by atoms with E-state index in [0.717, 1.165) is 18.2 Å². The largest absolute Gasteiger partial charge is 0.545 e. The van der Waals surface area contributed by atoms with Crippen LogP contribution in [0.15, 0.2) is 42.6 Å². The Bertz CT molecular complexity index is 1360. The minimum atomic E-state index is -4.77. The Labute approximate surface area is 199 Å². The number of carbonyl (C=O) groups excluding carboxylic acids is 1. The van der Waals surface area contributed by atoms with Gasteiger partial charge >= 0.3 is 6.18 Å². The van der Waals surface area contributed by atoms with E-state index in [2.05, 4.69) is 4.98 Å². The Kier molecular flexibility index (Phi) is 6.75. The Morgan fingerprint density at radius 2 is 1.61 bits per heavy atom. The Hall–Kier alpha value is -3.89. The molecule has 0 spiro atoms. The topological polar surface area (TPSA) is 62.2 Å². The molecule has 0 saturated heterocycles. The molecule has 0 bridgehead atoms. The van der Waals surface area contributed by atoms with E-state index in [-0.39, 0.29) is 23.4 Å². The molecule has 188 valence electrons. The molecule has 4 nitrogen and oxygen atoms in total. The van der Waals surface area contributed by atoms with Crippen molar-refractivity contribution < 1.29 is 45.4 Å². The molecule has 0 radical (unpaired) electrons. The third-order valence-electron chi connectivity index (χ3n) is 5.72. The summed E-state index contributed by atoms with van der Waals surface area (Å²) in [4.78, 5) is 14.9. The van der Waals surface area contributed by atoms with Crippen molar-refractivity contribution >= 4 is 17.1 Å². The highest BCUT2D eigenvalue weighted by Crippen LogP contribution is 2.44. The summed E-state index contributed by atoms with van der Waals surface area (Å²) in [6, 6.07) is 4.85. The van der Waals surface area contributed by atoms with Gasteiger partial charge in [-0.05, 0) is 54.2 Å². The number of hydrogen-bond acceptors (Lipinski definition) is 4. The van der Waals surface area contributed by atoms with Gasteiger partial charge < -0.3 is 14.6 Å². The Balaban J connectivity index is 1.81. The normalized spacial score (nSPS) is 13.9. The number of aromatic carboxylic acids is 1. The summed E-state index contributed by atoms with van der Waals surface area (Å²) < 4.78 is 101. The molecule has 3 aromatic rings. The highest BCUT2D eigenvalue weighted by Gasteiger charge is 2.33. The van der Waals surface area contributed by atoms with Gasteiger partial charge in [-0.15, -0.1) is 0 Å². The number of carbonyl (C=O) groups is 1. The predicted molar refractivity (Wildman–Crippen MR) is 111 cm³/mol. The first-order chi connectivity index (χ1) is 17.0. The third-order valence-corrected chi connectivity index (χ3v) is 5.72. The lowest BCUT2D eigenvalue weighted by Gasteiger charge is -2.17. The number of halogens is 7. The van der Waals surface area contributed by atoms with Crippen molar-refractivity contribution in [2.75, 3.05) is 0 Å². The van der Waals surface area contributed by atoms with Crippen molar-refractivity contribution in [1.82, 2.24) is 4.98 Å². The van der Waals surface area contributed by atoms with Crippen molar-refractivity contribution in [2.24, 2.45) is 0 Å². The molecule has 0 amide bonds. The van der Waals surface area contributed by atoms with Crippen LogP contribution in [0.25, 0.3) is 11.1 Å². The summed E-state index contributed by atoms with van der Waals surface area (Å²) in [5.74, 6) is -6.82. The molecule has 1 heterocycles. The SMILES string of the molecule is O=C([O-])c1cc(C2=C(c3cc(C(F)(F)F)cnc3OCc3c(F)cc(F)cc3F)CCC2)ccc1F. The molecule has 1 aromatic heterocycles. The van der Waals surface area contributed by atoms with Crippen LogP contribution in [0.3, 0.4) is 0 Å². The van der Waals surface area contributed by atoms with Crippen LogP contribution in [0.2, 0.25) is 0 Å². The maximum Gasteiger partial charge on any atom is 0.417 e. The van der Waals surface area contributed by atoms with E-state index in [0.29, 0.717) is 42.3 Å². The summed E-state index contributed by atoms with van der Waals surface area (Å²) in [6.07, 6.45) is -3.24. The zero-order chi connectivity index (χ0) is 26.2. The van der Waals surface area contributed by atoms with E-state index in [1.54, 1.807) is 0 Å². The van der Waals surface area contributed by atoms with E-state index in [1.807, 2.05) is 0 Å². The van der Waals surface area contributed by atoms with E-state index < -0.39 is 58.7 Å². The van der Waals surface area contributed by atoms with E-state index in [4.69, 9.17) is 4.74 Å². The number of alkyl halides is 3. The van der Waals surface area contributed by atoms with Crippen molar-refractivity contribution in [2.45, 2.75) is 32.0 Å². The maximum absolute atomic E-state index is 14.0. The number of aromatic nitrogens is 1. The lowest BCUT2D eigenvalue weighted by atomic mass is 9.95. The molecule has 1 aliphatic carbocycles. The third kappa shape index (κ3) is 5.05. The fourth-order valence-electron chi connectivity index (χ4n) is 4.02. The molecular formula is C25H15F7NO3-. The van der Waals surface area contributed by atoms with Crippen LogP contribution in [-0.2, 0) is 12.8 Å². The van der Waals surface area contributed by atoms with Crippen LogP contribution >= 0.6 is 0 Å². The van der Waals surface area contributed by atoms with Gasteiger partial charge in [0.05, 0.1) is 17.1 Å². The number of carboxylic acid groups (broad SMARTS) is 1. The average molecular weight is 510 g/mol. The van der Waals surface area contributed by atoms with Crippen LogP contribution in [0.5, 0.6) is 5.88 Å². The van der Waals surface area contributed by atoms with Crippen LogP contribution < -0.4 is 9.84 Å². The van der Waals surface area contributed by atoms with Crippen LogP contribution in [-0.4, -0.2) is 11.0 Å². The van der Waals surface area contributed by atoms with Gasteiger partial charge in [0.1, 0.15) is 29.9 Å². The molecule has 0 aliphatic heterocycles. The summed E-state index contributed by atoms with van der Waals surface area (Å²) in [5, 5.41) is 11.2. The molecule has 0 fully saturated rings. The minimum absolute atomic E-state index is 0.125. The average Bonchev–Trinajstić information content (AvgIpc) is 3.27. The highest BCUT2D eigenvalue weighted by molar-refractivity contribution is 5.96. The Morgan fingerprint density at radius 3 is 2.25 bits per heavy atom. The molecule has 0 unspecified atom stereocenters. The quantitative estimate of drug-likeness (QED) is 0.400. The minimum Gasteiger partial charge on any atom is -0.545 e. The number of pyridine rings is 1. The standard InChI is InChI=1S/C25H16F7NO3/c26-14-8-21(28)19(22(29)9-14)11-36-23-17(7-13(10-33-23)25(30,31)32)16-3-1-2-15(16)12-4-5-20(27)18(6-12)24(34)35/h4-10H,1-3,11H2,(H,34,35)/p-1. The molecule has 11 heteroatoms. The van der Waals surface area contributed by atoms with Crippen molar-refractivity contribution in [3.05, 3.63) is 93.7 Å². The first-order valence-corrected chi connectivity index (χ1v) is 10.5. The van der Waals surface area contributed by atoms with E-state index in [9.17, 15) is 40.6 Å². The second-order valence-electron chi connectivity index (χ2n) is 8.00. The number of hydrogen-bond donors (Lipinski definition) is 0.